The largest absolute Gasteiger partial charge is 0.496 e. The number of hydrogen-bond acceptors (Lipinski definition) is 5. The Bertz CT molecular complexity index is 905. The molecule has 27 heavy (non-hydrogen) atoms. The van der Waals surface area contributed by atoms with Gasteiger partial charge >= 0.3 is 0 Å². The van der Waals surface area contributed by atoms with Gasteiger partial charge in [-0.05, 0) is 24.6 Å². The van der Waals surface area contributed by atoms with Gasteiger partial charge in [0.05, 0.1) is 25.8 Å². The molecule has 1 aliphatic rings. The van der Waals surface area contributed by atoms with Crippen LogP contribution in [0.2, 0.25) is 0 Å². The van der Waals surface area contributed by atoms with E-state index in [9.17, 15) is 9.59 Å². The van der Waals surface area contributed by atoms with Gasteiger partial charge in [-0.1, -0.05) is 36.4 Å². The minimum atomic E-state index is -0.374. The number of imide groups is 1. The number of hydrogen-bond donors (Lipinski definition) is 1. The van der Waals surface area contributed by atoms with Gasteiger partial charge in [-0.15, -0.1) is 0 Å². The second kappa shape index (κ2) is 8.05. The van der Waals surface area contributed by atoms with Crippen molar-refractivity contribution in [2.75, 3.05) is 32.7 Å². The normalized spacial score (nSPS) is 14.1. The number of ether oxygens (including phenoxy) is 2. The summed E-state index contributed by atoms with van der Waals surface area (Å²) in [7, 11) is 3.07. The number of methoxy groups -OCH3 is 2. The van der Waals surface area contributed by atoms with E-state index in [1.807, 2.05) is 43.3 Å². The predicted octanol–water partition coefficient (Wildman–Crippen LogP) is 2.84. The maximum Gasteiger partial charge on any atom is 0.278 e. The van der Waals surface area contributed by atoms with Crippen LogP contribution in [0.5, 0.6) is 5.75 Å². The number of nitrogens with zero attached hydrogens (tertiary/aromatic N) is 1. The molecular weight excluding hydrogens is 344 g/mol. The van der Waals surface area contributed by atoms with Crippen molar-refractivity contribution >= 4 is 23.1 Å². The van der Waals surface area contributed by atoms with Gasteiger partial charge in [0, 0.05) is 18.4 Å². The molecule has 2 aromatic carbocycles. The summed E-state index contributed by atoms with van der Waals surface area (Å²) in [4.78, 5) is 27.3. The molecule has 1 N–H and O–H groups in total. The van der Waals surface area contributed by atoms with Crippen molar-refractivity contribution < 1.29 is 19.1 Å². The van der Waals surface area contributed by atoms with Crippen LogP contribution in [0, 0.1) is 6.92 Å². The lowest BCUT2D eigenvalue weighted by molar-refractivity contribution is -0.137. The Morgan fingerprint density at radius 3 is 2.37 bits per heavy atom. The summed E-state index contributed by atoms with van der Waals surface area (Å²) >= 11 is 0. The zero-order valence-electron chi connectivity index (χ0n) is 15.6. The molecular formula is C21H22N2O4. The number of nitrogens with one attached hydrogen (secondary N) is 1. The minimum absolute atomic E-state index is 0.186. The molecule has 0 aliphatic carbocycles. The third-order valence-corrected chi connectivity index (χ3v) is 4.47. The first-order valence-electron chi connectivity index (χ1n) is 8.64. The molecule has 1 aliphatic heterocycles. The Morgan fingerprint density at radius 2 is 1.67 bits per heavy atom. The molecule has 1 heterocycles. The molecule has 0 radical (unpaired) electrons. The average molecular weight is 366 g/mol. The van der Waals surface area contributed by atoms with Crippen LogP contribution in [0.3, 0.4) is 0 Å². The van der Waals surface area contributed by atoms with Crippen molar-refractivity contribution in [3.05, 3.63) is 65.4 Å². The fourth-order valence-electron chi connectivity index (χ4n) is 3.03. The molecule has 0 saturated heterocycles. The molecule has 0 atom stereocenters. The number of carbonyl (C=O) groups is 2. The van der Waals surface area contributed by atoms with Crippen LogP contribution >= 0.6 is 0 Å². The molecule has 0 unspecified atom stereocenters. The third-order valence-electron chi connectivity index (χ3n) is 4.47. The van der Waals surface area contributed by atoms with E-state index >= 15 is 0 Å². The highest BCUT2D eigenvalue weighted by Gasteiger charge is 2.40. The molecule has 2 aromatic rings. The molecule has 0 fully saturated rings. The van der Waals surface area contributed by atoms with Gasteiger partial charge in [0.25, 0.3) is 11.8 Å². The van der Waals surface area contributed by atoms with Crippen LogP contribution in [0.4, 0.5) is 5.69 Å². The summed E-state index contributed by atoms with van der Waals surface area (Å²) in [6.45, 7) is 2.40. The molecule has 6 nitrogen and oxygen atoms in total. The van der Waals surface area contributed by atoms with E-state index in [1.54, 1.807) is 12.1 Å². The topological polar surface area (TPSA) is 67.9 Å². The molecule has 0 bridgehead atoms. The zero-order chi connectivity index (χ0) is 19.4. The number of amides is 2. The maximum absolute atomic E-state index is 13.1. The van der Waals surface area contributed by atoms with E-state index in [-0.39, 0.29) is 30.7 Å². The van der Waals surface area contributed by atoms with Gasteiger partial charge in [0.1, 0.15) is 11.4 Å². The lowest BCUT2D eigenvalue weighted by atomic mass is 10.0. The summed E-state index contributed by atoms with van der Waals surface area (Å²) in [5, 5.41) is 3.17. The van der Waals surface area contributed by atoms with Crippen LogP contribution in [0.1, 0.15) is 11.1 Å². The SMILES string of the molecule is COCCN1C(=O)C(Nc2ccccc2C)=C(c2ccccc2OC)C1=O. The van der Waals surface area contributed by atoms with Gasteiger partial charge in [-0.2, -0.15) is 0 Å². The van der Waals surface area contributed by atoms with Crippen molar-refractivity contribution in [3.63, 3.8) is 0 Å². The predicted molar refractivity (Wildman–Crippen MR) is 103 cm³/mol. The Hall–Kier alpha value is -3.12. The van der Waals surface area contributed by atoms with Crippen molar-refractivity contribution in [1.82, 2.24) is 4.90 Å². The summed E-state index contributed by atoms with van der Waals surface area (Å²) in [5.41, 5.74) is 2.87. The van der Waals surface area contributed by atoms with E-state index in [0.29, 0.717) is 16.9 Å². The van der Waals surface area contributed by atoms with Gasteiger partial charge < -0.3 is 14.8 Å². The molecule has 3 rings (SSSR count). The first-order chi connectivity index (χ1) is 13.1. The molecule has 140 valence electrons. The smallest absolute Gasteiger partial charge is 0.278 e. The highest BCUT2D eigenvalue weighted by molar-refractivity contribution is 6.37. The highest BCUT2D eigenvalue weighted by atomic mass is 16.5. The average Bonchev–Trinajstić information content (AvgIpc) is 2.91. The fraction of sp³-hybridized carbons (Fsp3) is 0.238. The van der Waals surface area contributed by atoms with Crippen LogP contribution in [0.15, 0.2) is 54.2 Å². The molecule has 2 amide bonds. The van der Waals surface area contributed by atoms with Crippen LogP contribution in [-0.4, -0.2) is 44.1 Å². The Labute approximate surface area is 158 Å². The first kappa shape index (κ1) is 18.7. The monoisotopic (exact) mass is 366 g/mol. The summed E-state index contributed by atoms with van der Waals surface area (Å²) < 4.78 is 10.5. The van der Waals surface area contributed by atoms with E-state index in [0.717, 1.165) is 11.3 Å². The van der Waals surface area contributed by atoms with Crippen molar-refractivity contribution in [2.24, 2.45) is 0 Å². The molecule has 6 heteroatoms. The number of aryl methyl sites for hydroxylation is 1. The number of rotatable bonds is 7. The van der Waals surface area contributed by atoms with Crippen LogP contribution in [0.25, 0.3) is 5.57 Å². The third kappa shape index (κ3) is 3.57. The summed E-state index contributed by atoms with van der Waals surface area (Å²) in [6, 6.07) is 14.8. The summed E-state index contributed by atoms with van der Waals surface area (Å²) in [6.07, 6.45) is 0. The van der Waals surface area contributed by atoms with Crippen molar-refractivity contribution in [3.8, 4) is 5.75 Å². The van der Waals surface area contributed by atoms with Crippen molar-refractivity contribution in [1.29, 1.82) is 0 Å². The van der Waals surface area contributed by atoms with E-state index in [4.69, 9.17) is 9.47 Å². The zero-order valence-corrected chi connectivity index (χ0v) is 15.6. The second-order valence-electron chi connectivity index (χ2n) is 6.14. The standard InChI is InChI=1S/C21H22N2O4/c1-14-8-4-6-10-16(14)22-19-18(15-9-5-7-11-17(15)27-3)20(24)23(21(19)25)12-13-26-2/h4-11,22H,12-13H2,1-3H3. The quantitative estimate of drug-likeness (QED) is 0.763. The van der Waals surface area contributed by atoms with E-state index in [2.05, 4.69) is 5.32 Å². The number of para-hydroxylation sites is 2. The Kier molecular flexibility index (Phi) is 5.57. The van der Waals surface area contributed by atoms with Crippen LogP contribution in [-0.2, 0) is 14.3 Å². The van der Waals surface area contributed by atoms with Crippen molar-refractivity contribution in [2.45, 2.75) is 6.92 Å². The van der Waals surface area contributed by atoms with Crippen LogP contribution < -0.4 is 10.1 Å². The molecule has 0 spiro atoms. The first-order valence-corrected chi connectivity index (χ1v) is 8.64. The van der Waals surface area contributed by atoms with Gasteiger partial charge in [-0.25, -0.2) is 0 Å². The molecule has 0 aromatic heterocycles. The van der Waals surface area contributed by atoms with Gasteiger partial charge in [0.2, 0.25) is 0 Å². The number of carbonyl (C=O) groups excluding carboxylic acids is 2. The lowest BCUT2D eigenvalue weighted by Crippen LogP contribution is -2.35. The van der Waals surface area contributed by atoms with E-state index in [1.165, 1.54) is 19.1 Å². The lowest BCUT2D eigenvalue weighted by Gasteiger charge is -2.15. The fourth-order valence-corrected chi connectivity index (χ4v) is 3.03. The molecule has 0 saturated carbocycles. The number of anilines is 1. The minimum Gasteiger partial charge on any atom is -0.496 e. The second-order valence-corrected chi connectivity index (χ2v) is 6.14. The Balaban J connectivity index is 2.11. The highest BCUT2D eigenvalue weighted by Crippen LogP contribution is 2.35. The Morgan fingerprint density at radius 1 is 0.963 bits per heavy atom. The number of benzene rings is 2. The maximum atomic E-state index is 13.1. The van der Waals surface area contributed by atoms with Gasteiger partial charge in [0.15, 0.2) is 0 Å². The summed E-state index contributed by atoms with van der Waals surface area (Å²) in [5.74, 6) is -0.204. The van der Waals surface area contributed by atoms with Gasteiger partial charge in [-0.3, -0.25) is 14.5 Å². The van der Waals surface area contributed by atoms with E-state index < -0.39 is 0 Å².